The number of rotatable bonds is 5. The van der Waals surface area contributed by atoms with Gasteiger partial charge in [0.25, 0.3) is 0 Å². The van der Waals surface area contributed by atoms with E-state index in [2.05, 4.69) is 32.1 Å². The fourth-order valence-electron chi connectivity index (χ4n) is 3.08. The van der Waals surface area contributed by atoms with Gasteiger partial charge in [0.2, 0.25) is 5.91 Å². The maximum absolute atomic E-state index is 12.9. The van der Waals surface area contributed by atoms with Crippen molar-refractivity contribution in [3.05, 3.63) is 35.1 Å². The smallest absolute Gasteiger partial charge is 0.223 e. The minimum absolute atomic E-state index is 0.107. The van der Waals surface area contributed by atoms with Crippen LogP contribution in [0.3, 0.4) is 0 Å². The van der Waals surface area contributed by atoms with Crippen LogP contribution in [0, 0.1) is 11.7 Å². The van der Waals surface area contributed by atoms with Crippen molar-refractivity contribution in [1.29, 1.82) is 0 Å². The molecule has 3 heterocycles. The summed E-state index contributed by atoms with van der Waals surface area (Å²) in [4.78, 5) is 26.9. The Labute approximate surface area is 144 Å². The molecule has 128 valence electrons. The normalized spacial score (nSPS) is 21.1. The molecule has 0 bridgehead atoms. The van der Waals surface area contributed by atoms with E-state index in [4.69, 9.17) is 0 Å². The first kappa shape index (κ1) is 16.9. The number of nitrogens with zero attached hydrogens (tertiary/aromatic N) is 4. The maximum Gasteiger partial charge on any atom is 0.223 e. The molecule has 1 aliphatic rings. The summed E-state index contributed by atoms with van der Waals surface area (Å²) in [5, 5.41) is 3.35. The highest BCUT2D eigenvalue weighted by molar-refractivity contribution is 7.15. The molecule has 1 fully saturated rings. The molecule has 2 atom stereocenters. The van der Waals surface area contributed by atoms with Crippen LogP contribution >= 0.6 is 11.3 Å². The quantitative estimate of drug-likeness (QED) is 0.898. The van der Waals surface area contributed by atoms with Gasteiger partial charge in [-0.15, -0.1) is 11.3 Å². The molecule has 0 spiro atoms. The topological polar surface area (TPSA) is 71.0 Å². The molecule has 0 radical (unpaired) electrons. The molecule has 1 saturated heterocycles. The van der Waals surface area contributed by atoms with Gasteiger partial charge in [-0.05, 0) is 19.3 Å². The summed E-state index contributed by atoms with van der Waals surface area (Å²) in [6.45, 7) is 5.46. The van der Waals surface area contributed by atoms with Crippen LogP contribution in [0.5, 0.6) is 0 Å². The summed E-state index contributed by atoms with van der Waals surface area (Å²) in [5.74, 6) is 0.652. The summed E-state index contributed by atoms with van der Waals surface area (Å²) >= 11 is 1.51. The van der Waals surface area contributed by atoms with Crippen LogP contribution < -0.4 is 5.32 Å². The first-order valence-electron chi connectivity index (χ1n) is 7.92. The summed E-state index contributed by atoms with van der Waals surface area (Å²) in [6.07, 6.45) is 6.09. The van der Waals surface area contributed by atoms with Gasteiger partial charge in [-0.3, -0.25) is 9.69 Å². The van der Waals surface area contributed by atoms with Crippen LogP contribution in [0.25, 0.3) is 0 Å². The van der Waals surface area contributed by atoms with E-state index in [0.29, 0.717) is 22.9 Å². The lowest BCUT2D eigenvalue weighted by atomic mass is 10.0. The molecule has 1 N–H and O–H groups in total. The van der Waals surface area contributed by atoms with Gasteiger partial charge in [-0.2, -0.15) is 0 Å². The van der Waals surface area contributed by atoms with E-state index in [1.54, 1.807) is 0 Å². The van der Waals surface area contributed by atoms with Crippen molar-refractivity contribution >= 4 is 22.4 Å². The third-order valence-electron chi connectivity index (χ3n) is 4.13. The second-order valence-corrected chi connectivity index (χ2v) is 7.33. The molecule has 24 heavy (non-hydrogen) atoms. The van der Waals surface area contributed by atoms with Gasteiger partial charge in [0, 0.05) is 43.5 Å². The van der Waals surface area contributed by atoms with E-state index in [1.807, 2.05) is 6.20 Å². The summed E-state index contributed by atoms with van der Waals surface area (Å²) in [7, 11) is 0. The van der Waals surface area contributed by atoms with E-state index in [0.717, 1.165) is 30.8 Å². The van der Waals surface area contributed by atoms with Crippen molar-refractivity contribution < 1.29 is 9.18 Å². The summed E-state index contributed by atoms with van der Waals surface area (Å²) in [6, 6.07) is 0.460. The zero-order valence-corrected chi connectivity index (χ0v) is 14.5. The first-order chi connectivity index (χ1) is 11.5. The molecule has 0 unspecified atom stereocenters. The highest BCUT2D eigenvalue weighted by Crippen LogP contribution is 2.29. The van der Waals surface area contributed by atoms with Gasteiger partial charge in [0.1, 0.15) is 5.82 Å². The van der Waals surface area contributed by atoms with Gasteiger partial charge >= 0.3 is 0 Å². The number of nitrogens with one attached hydrogen (secondary N) is 1. The molecule has 3 rings (SSSR count). The predicted octanol–water partition coefficient (Wildman–Crippen LogP) is 2.48. The first-order valence-corrected chi connectivity index (χ1v) is 8.74. The number of aromatic nitrogens is 3. The molecule has 0 aliphatic carbocycles. The van der Waals surface area contributed by atoms with Gasteiger partial charge in [-0.25, -0.2) is 19.3 Å². The van der Waals surface area contributed by atoms with Crippen molar-refractivity contribution in [1.82, 2.24) is 19.9 Å². The predicted molar refractivity (Wildman–Crippen MR) is 90.1 cm³/mol. The molecule has 2 aromatic rings. The SMILES string of the molecule is CC(=O)Nc1ncc(CN2C[C@H](Cc3ncc(F)cn3)C[C@@H]2C)s1. The van der Waals surface area contributed by atoms with E-state index < -0.39 is 5.82 Å². The van der Waals surface area contributed by atoms with Gasteiger partial charge in [0.05, 0.1) is 12.4 Å². The van der Waals surface area contributed by atoms with E-state index in [9.17, 15) is 9.18 Å². The Bertz CT molecular complexity index is 705. The second-order valence-electron chi connectivity index (χ2n) is 6.21. The van der Waals surface area contributed by atoms with Crippen molar-refractivity contribution in [3.63, 3.8) is 0 Å². The molecule has 0 aromatic carbocycles. The number of hydrogen-bond acceptors (Lipinski definition) is 6. The van der Waals surface area contributed by atoms with E-state index in [1.165, 1.54) is 30.7 Å². The number of amides is 1. The molecule has 1 aliphatic heterocycles. The van der Waals surface area contributed by atoms with Gasteiger partial charge in [-0.1, -0.05) is 0 Å². The Morgan fingerprint density at radius 2 is 2.12 bits per heavy atom. The number of halogens is 1. The molecule has 6 nitrogen and oxygen atoms in total. The summed E-state index contributed by atoms with van der Waals surface area (Å²) < 4.78 is 12.9. The van der Waals surface area contributed by atoms with Crippen LogP contribution in [0.4, 0.5) is 9.52 Å². The lowest BCUT2D eigenvalue weighted by Gasteiger charge is -2.19. The lowest BCUT2D eigenvalue weighted by Crippen LogP contribution is -2.26. The zero-order valence-electron chi connectivity index (χ0n) is 13.7. The molecule has 2 aromatic heterocycles. The fraction of sp³-hybridized carbons (Fsp3) is 0.500. The fourth-order valence-corrected chi connectivity index (χ4v) is 3.96. The largest absolute Gasteiger partial charge is 0.302 e. The Morgan fingerprint density at radius 1 is 1.38 bits per heavy atom. The minimum Gasteiger partial charge on any atom is -0.302 e. The average molecular weight is 349 g/mol. The molecule has 8 heteroatoms. The number of carbonyl (C=O) groups is 1. The second kappa shape index (κ2) is 7.31. The number of likely N-dealkylation sites (tertiary alicyclic amines) is 1. The van der Waals surface area contributed by atoms with Crippen LogP contribution in [-0.4, -0.2) is 38.3 Å². The van der Waals surface area contributed by atoms with E-state index >= 15 is 0 Å². The molecule has 1 amide bonds. The van der Waals surface area contributed by atoms with Gasteiger partial charge in [0.15, 0.2) is 10.9 Å². The molecule has 0 saturated carbocycles. The van der Waals surface area contributed by atoms with E-state index in [-0.39, 0.29) is 5.91 Å². The monoisotopic (exact) mass is 349 g/mol. The Morgan fingerprint density at radius 3 is 2.83 bits per heavy atom. The lowest BCUT2D eigenvalue weighted by molar-refractivity contribution is -0.114. The average Bonchev–Trinajstić information content (AvgIpc) is 3.08. The third kappa shape index (κ3) is 4.33. The van der Waals surface area contributed by atoms with Crippen molar-refractivity contribution in [2.24, 2.45) is 5.92 Å². The van der Waals surface area contributed by atoms with Crippen molar-refractivity contribution in [2.45, 2.75) is 39.3 Å². The third-order valence-corrected chi connectivity index (χ3v) is 5.03. The molecular formula is C16H20FN5OS. The van der Waals surface area contributed by atoms with Crippen molar-refractivity contribution in [2.75, 3.05) is 11.9 Å². The maximum atomic E-state index is 12.9. The Kier molecular flexibility index (Phi) is 5.15. The highest BCUT2D eigenvalue weighted by atomic mass is 32.1. The number of hydrogen-bond donors (Lipinski definition) is 1. The highest BCUT2D eigenvalue weighted by Gasteiger charge is 2.30. The van der Waals surface area contributed by atoms with Crippen LogP contribution in [0.1, 0.15) is 31.0 Å². The summed E-state index contributed by atoms with van der Waals surface area (Å²) in [5.41, 5.74) is 0. The zero-order chi connectivity index (χ0) is 17.1. The Balaban J connectivity index is 1.56. The van der Waals surface area contributed by atoms with Crippen molar-refractivity contribution in [3.8, 4) is 0 Å². The number of carbonyl (C=O) groups excluding carboxylic acids is 1. The standard InChI is InChI=1S/C16H20FN5OS/c1-10-3-12(4-15-18-5-13(17)6-19-15)8-22(10)9-14-7-20-16(24-14)21-11(2)23/h5-7,10,12H,3-4,8-9H2,1-2H3,(H,20,21,23)/t10-,12-/m0/s1. The Hall–Kier alpha value is -1.93. The minimum atomic E-state index is -0.402. The van der Waals surface area contributed by atoms with Crippen LogP contribution in [0.2, 0.25) is 0 Å². The van der Waals surface area contributed by atoms with Gasteiger partial charge < -0.3 is 5.32 Å². The van der Waals surface area contributed by atoms with Crippen LogP contribution in [0.15, 0.2) is 18.6 Å². The number of thiazole rings is 1. The van der Waals surface area contributed by atoms with Crippen LogP contribution in [-0.2, 0) is 17.8 Å². The number of anilines is 1. The molecular weight excluding hydrogens is 329 g/mol.